The molecule has 2 aromatic carbocycles. The molecule has 0 radical (unpaired) electrons. The molecule has 0 aromatic heterocycles. The summed E-state index contributed by atoms with van der Waals surface area (Å²) in [6.07, 6.45) is 3.83. The van der Waals surface area contributed by atoms with Crippen LogP contribution in [-0.4, -0.2) is 0 Å². The molecular formula is C17H18FN. The second-order valence-corrected chi connectivity index (χ2v) is 5.22. The molecule has 3 rings (SSSR count). The van der Waals surface area contributed by atoms with Gasteiger partial charge in [-0.25, -0.2) is 4.39 Å². The molecule has 0 unspecified atom stereocenters. The molecule has 2 heteroatoms. The van der Waals surface area contributed by atoms with E-state index in [4.69, 9.17) is 5.73 Å². The van der Waals surface area contributed by atoms with Crippen molar-refractivity contribution in [3.05, 3.63) is 59.4 Å². The normalized spacial score (nSPS) is 15.3. The molecule has 0 bridgehead atoms. The number of nitrogens with two attached hydrogens (primary N) is 1. The zero-order chi connectivity index (χ0) is 13.2. The summed E-state index contributed by atoms with van der Waals surface area (Å²) >= 11 is 0. The molecule has 0 heterocycles. The van der Waals surface area contributed by atoms with Crippen molar-refractivity contribution in [2.24, 2.45) is 5.73 Å². The molecule has 1 aliphatic carbocycles. The Morgan fingerprint density at radius 2 is 1.84 bits per heavy atom. The van der Waals surface area contributed by atoms with E-state index in [1.165, 1.54) is 36.5 Å². The third-order valence-electron chi connectivity index (χ3n) is 4.08. The van der Waals surface area contributed by atoms with E-state index in [2.05, 4.69) is 18.2 Å². The van der Waals surface area contributed by atoms with Crippen LogP contribution in [0.25, 0.3) is 11.1 Å². The van der Waals surface area contributed by atoms with Gasteiger partial charge in [0.15, 0.2) is 0 Å². The molecule has 98 valence electrons. The summed E-state index contributed by atoms with van der Waals surface area (Å²) in [5.74, 6) is 0.442. The minimum absolute atomic E-state index is 0.217. The topological polar surface area (TPSA) is 26.0 Å². The van der Waals surface area contributed by atoms with E-state index in [0.29, 0.717) is 12.5 Å². The minimum Gasteiger partial charge on any atom is -0.326 e. The Bertz CT molecular complexity index is 588. The summed E-state index contributed by atoms with van der Waals surface area (Å²) in [4.78, 5) is 0. The van der Waals surface area contributed by atoms with Crippen LogP contribution in [0.5, 0.6) is 0 Å². The highest BCUT2D eigenvalue weighted by Crippen LogP contribution is 2.41. The molecule has 19 heavy (non-hydrogen) atoms. The lowest BCUT2D eigenvalue weighted by molar-refractivity contribution is 0.420. The van der Waals surface area contributed by atoms with Gasteiger partial charge in [0, 0.05) is 6.54 Å². The first-order valence-corrected chi connectivity index (χ1v) is 6.87. The number of benzene rings is 2. The third kappa shape index (κ3) is 2.28. The molecule has 2 aromatic rings. The highest BCUT2D eigenvalue weighted by Gasteiger charge is 2.22. The Morgan fingerprint density at radius 3 is 2.53 bits per heavy atom. The van der Waals surface area contributed by atoms with Crippen molar-refractivity contribution in [2.45, 2.75) is 31.7 Å². The van der Waals surface area contributed by atoms with Crippen LogP contribution in [0.2, 0.25) is 0 Å². The Morgan fingerprint density at radius 1 is 1.05 bits per heavy atom. The number of hydrogen-bond donors (Lipinski definition) is 1. The van der Waals surface area contributed by atoms with Gasteiger partial charge < -0.3 is 5.73 Å². The molecule has 1 saturated carbocycles. The van der Waals surface area contributed by atoms with Crippen LogP contribution in [-0.2, 0) is 6.54 Å². The van der Waals surface area contributed by atoms with Gasteiger partial charge >= 0.3 is 0 Å². The van der Waals surface area contributed by atoms with Crippen molar-refractivity contribution >= 4 is 0 Å². The second kappa shape index (κ2) is 5.14. The van der Waals surface area contributed by atoms with Gasteiger partial charge in [0.25, 0.3) is 0 Å². The average Bonchev–Trinajstić information content (AvgIpc) is 2.37. The van der Waals surface area contributed by atoms with Gasteiger partial charge in [-0.05, 0) is 53.1 Å². The van der Waals surface area contributed by atoms with Gasteiger partial charge in [0.2, 0.25) is 0 Å². The summed E-state index contributed by atoms with van der Waals surface area (Å²) in [7, 11) is 0. The lowest BCUT2D eigenvalue weighted by atomic mass is 9.77. The maximum Gasteiger partial charge on any atom is 0.123 e. The molecule has 0 atom stereocenters. The van der Waals surface area contributed by atoms with Crippen LogP contribution in [0.4, 0.5) is 4.39 Å². The summed E-state index contributed by atoms with van der Waals surface area (Å²) in [6, 6.07) is 13.4. The van der Waals surface area contributed by atoms with Crippen molar-refractivity contribution in [3.8, 4) is 11.1 Å². The van der Waals surface area contributed by atoms with Crippen LogP contribution in [0.15, 0.2) is 42.5 Å². The van der Waals surface area contributed by atoms with E-state index < -0.39 is 0 Å². The predicted molar refractivity (Wildman–Crippen MR) is 76.3 cm³/mol. The molecule has 0 aliphatic heterocycles. The molecule has 0 amide bonds. The molecule has 1 nitrogen and oxygen atoms in total. The van der Waals surface area contributed by atoms with Crippen molar-refractivity contribution in [1.29, 1.82) is 0 Å². The number of halogens is 1. The van der Waals surface area contributed by atoms with E-state index in [1.54, 1.807) is 6.07 Å². The van der Waals surface area contributed by atoms with Gasteiger partial charge in [-0.1, -0.05) is 36.8 Å². The third-order valence-corrected chi connectivity index (χ3v) is 4.08. The van der Waals surface area contributed by atoms with Crippen molar-refractivity contribution in [1.82, 2.24) is 0 Å². The van der Waals surface area contributed by atoms with E-state index in [9.17, 15) is 4.39 Å². The van der Waals surface area contributed by atoms with Crippen LogP contribution < -0.4 is 5.73 Å². The van der Waals surface area contributed by atoms with E-state index >= 15 is 0 Å². The fraction of sp³-hybridized carbons (Fsp3) is 0.294. The fourth-order valence-corrected chi connectivity index (χ4v) is 2.81. The van der Waals surface area contributed by atoms with Crippen molar-refractivity contribution in [2.75, 3.05) is 0 Å². The molecule has 0 spiro atoms. The number of rotatable bonds is 3. The van der Waals surface area contributed by atoms with Crippen LogP contribution in [0.3, 0.4) is 0 Å². The van der Waals surface area contributed by atoms with E-state index in [1.807, 2.05) is 12.1 Å². The second-order valence-electron chi connectivity index (χ2n) is 5.22. The lowest BCUT2D eigenvalue weighted by Gasteiger charge is -2.28. The first-order valence-electron chi connectivity index (χ1n) is 6.87. The Balaban J connectivity index is 2.11. The molecule has 0 saturated heterocycles. The van der Waals surface area contributed by atoms with Crippen molar-refractivity contribution < 1.29 is 4.39 Å². The zero-order valence-electron chi connectivity index (χ0n) is 10.9. The molecular weight excluding hydrogens is 237 g/mol. The highest BCUT2D eigenvalue weighted by atomic mass is 19.1. The van der Waals surface area contributed by atoms with Gasteiger partial charge in [-0.2, -0.15) is 0 Å². The maximum absolute atomic E-state index is 13.3. The minimum atomic E-state index is -0.217. The predicted octanol–water partition coefficient (Wildman–Crippen LogP) is 4.22. The smallest absolute Gasteiger partial charge is 0.123 e. The summed E-state index contributed by atoms with van der Waals surface area (Å²) in [5, 5.41) is 0. The van der Waals surface area contributed by atoms with Crippen LogP contribution in [0.1, 0.15) is 36.3 Å². The largest absolute Gasteiger partial charge is 0.326 e. The highest BCUT2D eigenvalue weighted by molar-refractivity contribution is 5.71. The summed E-state index contributed by atoms with van der Waals surface area (Å²) in [5.41, 5.74) is 10.3. The van der Waals surface area contributed by atoms with Gasteiger partial charge in [0.05, 0.1) is 0 Å². The molecule has 1 aliphatic rings. The van der Waals surface area contributed by atoms with E-state index in [-0.39, 0.29) is 5.82 Å². The lowest BCUT2D eigenvalue weighted by Crippen LogP contribution is -2.10. The summed E-state index contributed by atoms with van der Waals surface area (Å²) < 4.78 is 13.3. The fourth-order valence-electron chi connectivity index (χ4n) is 2.81. The maximum atomic E-state index is 13.3. The first kappa shape index (κ1) is 12.4. The van der Waals surface area contributed by atoms with Crippen LogP contribution in [0, 0.1) is 5.82 Å². The molecule has 1 fully saturated rings. The number of hydrogen-bond acceptors (Lipinski definition) is 1. The van der Waals surface area contributed by atoms with Crippen LogP contribution >= 0.6 is 0 Å². The zero-order valence-corrected chi connectivity index (χ0v) is 10.9. The summed E-state index contributed by atoms with van der Waals surface area (Å²) in [6.45, 7) is 0.367. The van der Waals surface area contributed by atoms with Crippen molar-refractivity contribution in [3.63, 3.8) is 0 Å². The first-order chi connectivity index (χ1) is 9.29. The van der Waals surface area contributed by atoms with Gasteiger partial charge in [-0.3, -0.25) is 0 Å². The Labute approximate surface area is 113 Å². The quantitative estimate of drug-likeness (QED) is 0.873. The molecule has 2 N–H and O–H groups in total. The Hall–Kier alpha value is -1.67. The average molecular weight is 255 g/mol. The monoisotopic (exact) mass is 255 g/mol. The Kier molecular flexibility index (Phi) is 3.34. The van der Waals surface area contributed by atoms with E-state index in [0.717, 1.165) is 11.1 Å². The van der Waals surface area contributed by atoms with Gasteiger partial charge in [-0.15, -0.1) is 0 Å². The standard InChI is InChI=1S/C17H18FN/c18-14-8-9-16(13(10-14)11-19)17-7-2-1-6-15(17)12-4-3-5-12/h1-2,6-10,12H,3-5,11,19H2. The SMILES string of the molecule is NCc1cc(F)ccc1-c1ccccc1C1CCC1. The van der Waals surface area contributed by atoms with Gasteiger partial charge in [0.1, 0.15) is 5.82 Å².